The molecule has 0 amide bonds. The fourth-order valence-corrected chi connectivity index (χ4v) is 2.63. The molecular weight excluding hydrogens is 289 g/mol. The predicted molar refractivity (Wildman–Crippen MR) is 80.2 cm³/mol. The molecule has 0 bridgehead atoms. The van der Waals surface area contributed by atoms with Crippen molar-refractivity contribution in [3.63, 3.8) is 0 Å². The number of rotatable bonds is 1. The van der Waals surface area contributed by atoms with Crippen LogP contribution in [0.5, 0.6) is 0 Å². The smallest absolute Gasteiger partial charge is 0.294 e. The number of benzene rings is 2. The van der Waals surface area contributed by atoms with Crippen LogP contribution in [0.3, 0.4) is 0 Å². The lowest BCUT2D eigenvalue weighted by molar-refractivity contribution is -0.124. The van der Waals surface area contributed by atoms with Crippen LogP contribution in [0.4, 0.5) is 13.2 Å². The van der Waals surface area contributed by atoms with E-state index in [0.29, 0.717) is 11.1 Å². The molecule has 3 rings (SSSR count). The third-order valence-corrected chi connectivity index (χ3v) is 3.91. The van der Waals surface area contributed by atoms with Gasteiger partial charge in [0, 0.05) is 11.5 Å². The van der Waals surface area contributed by atoms with E-state index in [0.717, 1.165) is 16.8 Å². The van der Waals surface area contributed by atoms with Crippen LogP contribution in [0.1, 0.15) is 12.5 Å². The third-order valence-electron chi connectivity index (χ3n) is 3.91. The van der Waals surface area contributed by atoms with Crippen molar-refractivity contribution >= 4 is 22.1 Å². The molecule has 0 fully saturated rings. The highest BCUT2D eigenvalue weighted by atomic mass is 19.4. The molecule has 2 aromatic carbocycles. The monoisotopic (exact) mass is 302 g/mol. The molecule has 4 heteroatoms. The maximum Gasteiger partial charge on any atom is 0.413 e. The summed E-state index contributed by atoms with van der Waals surface area (Å²) in [5.74, 6) is -1.66. The lowest BCUT2D eigenvalue weighted by Gasteiger charge is -2.21. The van der Waals surface area contributed by atoms with Crippen LogP contribution in [-0.4, -0.2) is 12.0 Å². The first-order valence-electron chi connectivity index (χ1n) is 6.90. The SMILES string of the molecule is CC1C(=O)C=C(c2ccc3ccccc3c2)C=C1C(F)(F)F. The second-order valence-electron chi connectivity index (χ2n) is 5.38. The molecule has 0 heterocycles. The Balaban J connectivity index is 2.11. The van der Waals surface area contributed by atoms with Gasteiger partial charge in [-0.2, -0.15) is 13.2 Å². The Hall–Kier alpha value is -2.36. The summed E-state index contributed by atoms with van der Waals surface area (Å²) in [7, 11) is 0. The molecule has 1 nitrogen and oxygen atoms in total. The fraction of sp³-hybridized carbons (Fsp3) is 0.167. The average Bonchev–Trinajstić information content (AvgIpc) is 2.48. The van der Waals surface area contributed by atoms with E-state index in [-0.39, 0.29) is 0 Å². The van der Waals surface area contributed by atoms with Crippen molar-refractivity contribution in [3.05, 3.63) is 65.8 Å². The summed E-state index contributed by atoms with van der Waals surface area (Å²) >= 11 is 0. The predicted octanol–water partition coefficient (Wildman–Crippen LogP) is 4.93. The Kier molecular flexibility index (Phi) is 3.39. The van der Waals surface area contributed by atoms with Crippen molar-refractivity contribution in [3.8, 4) is 0 Å². The van der Waals surface area contributed by atoms with Gasteiger partial charge in [-0.1, -0.05) is 43.3 Å². The van der Waals surface area contributed by atoms with Crippen LogP contribution in [0.15, 0.2) is 60.2 Å². The summed E-state index contributed by atoms with van der Waals surface area (Å²) in [5, 5.41) is 1.93. The molecule has 22 heavy (non-hydrogen) atoms. The minimum absolute atomic E-state index is 0.307. The van der Waals surface area contributed by atoms with E-state index in [1.165, 1.54) is 13.0 Å². The maximum absolute atomic E-state index is 13.1. The number of hydrogen-bond acceptors (Lipinski definition) is 1. The summed E-state index contributed by atoms with van der Waals surface area (Å²) in [4.78, 5) is 11.9. The highest BCUT2D eigenvalue weighted by Crippen LogP contribution is 2.38. The Labute approximate surface area is 125 Å². The number of halogens is 3. The molecular formula is C18H13F3O. The molecule has 0 spiro atoms. The summed E-state index contributed by atoms with van der Waals surface area (Å²) < 4.78 is 39.2. The normalized spacial score (nSPS) is 19.1. The van der Waals surface area contributed by atoms with Gasteiger partial charge >= 0.3 is 6.18 Å². The van der Waals surface area contributed by atoms with Crippen molar-refractivity contribution in [1.29, 1.82) is 0 Å². The Morgan fingerprint density at radius 3 is 2.32 bits per heavy atom. The lowest BCUT2D eigenvalue weighted by atomic mass is 9.86. The van der Waals surface area contributed by atoms with Crippen molar-refractivity contribution in [1.82, 2.24) is 0 Å². The van der Waals surface area contributed by atoms with E-state index in [1.807, 2.05) is 30.3 Å². The molecule has 1 unspecified atom stereocenters. The van der Waals surface area contributed by atoms with E-state index in [4.69, 9.17) is 0 Å². The van der Waals surface area contributed by atoms with Crippen LogP contribution in [0.2, 0.25) is 0 Å². The molecule has 0 N–H and O–H groups in total. The van der Waals surface area contributed by atoms with Crippen molar-refractivity contribution in [2.45, 2.75) is 13.1 Å². The van der Waals surface area contributed by atoms with Gasteiger partial charge in [0.05, 0.1) is 0 Å². The van der Waals surface area contributed by atoms with Gasteiger partial charge in [-0.15, -0.1) is 0 Å². The zero-order chi connectivity index (χ0) is 15.9. The number of fused-ring (bicyclic) bond motifs is 1. The van der Waals surface area contributed by atoms with Gasteiger partial charge in [-0.25, -0.2) is 0 Å². The highest BCUT2D eigenvalue weighted by molar-refractivity contribution is 6.05. The zero-order valence-electron chi connectivity index (χ0n) is 11.8. The topological polar surface area (TPSA) is 17.1 Å². The van der Waals surface area contributed by atoms with Gasteiger partial charge in [-0.3, -0.25) is 4.79 Å². The number of alkyl halides is 3. The van der Waals surface area contributed by atoms with Crippen LogP contribution >= 0.6 is 0 Å². The average molecular weight is 302 g/mol. The van der Waals surface area contributed by atoms with Gasteiger partial charge in [-0.05, 0) is 40.1 Å². The summed E-state index contributed by atoms with van der Waals surface area (Å²) in [6.45, 7) is 1.29. The first-order valence-corrected chi connectivity index (χ1v) is 6.90. The highest BCUT2D eigenvalue weighted by Gasteiger charge is 2.40. The van der Waals surface area contributed by atoms with Crippen LogP contribution < -0.4 is 0 Å². The lowest BCUT2D eigenvalue weighted by Crippen LogP contribution is -2.25. The Morgan fingerprint density at radius 2 is 1.64 bits per heavy atom. The van der Waals surface area contributed by atoms with E-state index in [2.05, 4.69) is 0 Å². The summed E-state index contributed by atoms with van der Waals surface area (Å²) in [6.07, 6.45) is -2.12. The van der Waals surface area contributed by atoms with Crippen LogP contribution in [-0.2, 0) is 4.79 Å². The molecule has 112 valence electrons. The first-order chi connectivity index (χ1) is 10.4. The number of carbonyl (C=O) groups is 1. The molecule has 0 saturated carbocycles. The second kappa shape index (κ2) is 5.13. The molecule has 1 aliphatic rings. The molecule has 0 aliphatic heterocycles. The largest absolute Gasteiger partial charge is 0.413 e. The van der Waals surface area contributed by atoms with E-state index in [1.54, 1.807) is 12.1 Å². The van der Waals surface area contributed by atoms with Gasteiger partial charge in [0.25, 0.3) is 0 Å². The van der Waals surface area contributed by atoms with Gasteiger partial charge in [0.1, 0.15) is 0 Å². The number of carbonyl (C=O) groups excluding carboxylic acids is 1. The van der Waals surface area contributed by atoms with Crippen molar-refractivity contribution in [2.75, 3.05) is 0 Å². The number of hydrogen-bond donors (Lipinski definition) is 0. The Morgan fingerprint density at radius 1 is 0.955 bits per heavy atom. The molecule has 1 atom stereocenters. The third kappa shape index (κ3) is 2.56. The fourth-order valence-electron chi connectivity index (χ4n) is 2.63. The van der Waals surface area contributed by atoms with Gasteiger partial charge in [0.15, 0.2) is 5.78 Å². The number of allylic oxidation sites excluding steroid dienone is 4. The van der Waals surface area contributed by atoms with Gasteiger partial charge < -0.3 is 0 Å². The van der Waals surface area contributed by atoms with Gasteiger partial charge in [0.2, 0.25) is 0 Å². The van der Waals surface area contributed by atoms with E-state index in [9.17, 15) is 18.0 Å². The molecule has 1 aliphatic carbocycles. The van der Waals surface area contributed by atoms with Crippen molar-refractivity contribution < 1.29 is 18.0 Å². The number of ketones is 1. The molecule has 0 radical (unpaired) electrons. The minimum atomic E-state index is -4.49. The molecule has 0 saturated heterocycles. The summed E-state index contributed by atoms with van der Waals surface area (Å²) in [5.41, 5.74) is 0.130. The quantitative estimate of drug-likeness (QED) is 0.730. The first kappa shape index (κ1) is 14.6. The molecule has 2 aromatic rings. The minimum Gasteiger partial charge on any atom is -0.294 e. The Bertz CT molecular complexity index is 812. The van der Waals surface area contributed by atoms with Crippen LogP contribution in [0.25, 0.3) is 16.3 Å². The van der Waals surface area contributed by atoms with E-state index < -0.39 is 23.5 Å². The van der Waals surface area contributed by atoms with Crippen molar-refractivity contribution in [2.24, 2.45) is 5.92 Å². The molecule has 0 aromatic heterocycles. The zero-order valence-corrected chi connectivity index (χ0v) is 11.8. The van der Waals surface area contributed by atoms with Crippen LogP contribution in [0, 0.1) is 5.92 Å². The second-order valence-corrected chi connectivity index (χ2v) is 5.38. The van der Waals surface area contributed by atoms with E-state index >= 15 is 0 Å². The maximum atomic E-state index is 13.1. The summed E-state index contributed by atoms with van der Waals surface area (Å²) in [6, 6.07) is 13.0. The standard InChI is InChI=1S/C18H13F3O/c1-11-16(18(19,20)21)9-15(10-17(11)22)14-7-6-12-4-2-3-5-13(12)8-14/h2-11H,1H3.